The first-order valence-corrected chi connectivity index (χ1v) is 10.3. The van der Waals surface area contributed by atoms with E-state index < -0.39 is 14.9 Å². The molecular weight excluding hydrogens is 368 g/mol. The predicted molar refractivity (Wildman–Crippen MR) is 101 cm³/mol. The highest BCUT2D eigenvalue weighted by molar-refractivity contribution is 7.89. The normalized spacial score (nSPS) is 18.6. The molecule has 3 rings (SSSR count). The Morgan fingerprint density at radius 3 is 2.52 bits per heavy atom. The first-order chi connectivity index (χ1) is 12.9. The van der Waals surface area contributed by atoms with Crippen molar-refractivity contribution in [3.8, 4) is 5.75 Å². The summed E-state index contributed by atoms with van der Waals surface area (Å²) in [5.41, 5.74) is 0.665. The van der Waals surface area contributed by atoms with Crippen LogP contribution in [-0.4, -0.2) is 31.3 Å². The molecular formula is C19H22N2O5S. The van der Waals surface area contributed by atoms with Gasteiger partial charge in [-0.05, 0) is 36.6 Å². The molecule has 1 fully saturated rings. The first kappa shape index (κ1) is 19.3. The predicted octanol–water partition coefficient (Wildman–Crippen LogP) is 3.91. The third kappa shape index (κ3) is 4.12. The van der Waals surface area contributed by atoms with Gasteiger partial charge in [-0.2, -0.15) is 4.31 Å². The van der Waals surface area contributed by atoms with Gasteiger partial charge in [0.05, 0.1) is 23.0 Å². The SMILES string of the molecule is COc1ccc([C@@H]2CCCCCN2S(=O)(=O)c2cccc([N+](=O)[O-])c2)cc1. The molecule has 1 aliphatic heterocycles. The number of non-ortho nitro benzene ring substituents is 1. The Labute approximate surface area is 158 Å². The minimum atomic E-state index is -3.86. The van der Waals surface area contributed by atoms with Gasteiger partial charge in [-0.3, -0.25) is 10.1 Å². The van der Waals surface area contributed by atoms with Crippen LogP contribution in [0.2, 0.25) is 0 Å². The van der Waals surface area contributed by atoms with Gasteiger partial charge in [-0.15, -0.1) is 0 Å². The molecule has 0 aliphatic carbocycles. The van der Waals surface area contributed by atoms with Crippen molar-refractivity contribution in [3.63, 3.8) is 0 Å². The first-order valence-electron chi connectivity index (χ1n) is 8.84. The lowest BCUT2D eigenvalue weighted by atomic mass is 10.0. The molecule has 0 amide bonds. The number of nitrogens with zero attached hydrogens (tertiary/aromatic N) is 2. The van der Waals surface area contributed by atoms with E-state index >= 15 is 0 Å². The van der Waals surface area contributed by atoms with Crippen molar-refractivity contribution in [1.82, 2.24) is 4.31 Å². The number of hydrogen-bond donors (Lipinski definition) is 0. The summed E-state index contributed by atoms with van der Waals surface area (Å²) >= 11 is 0. The maximum atomic E-state index is 13.3. The molecule has 0 saturated carbocycles. The fourth-order valence-corrected chi connectivity index (χ4v) is 5.14. The van der Waals surface area contributed by atoms with Gasteiger partial charge in [0, 0.05) is 18.7 Å². The number of rotatable bonds is 5. The van der Waals surface area contributed by atoms with Crippen molar-refractivity contribution in [2.75, 3.05) is 13.7 Å². The van der Waals surface area contributed by atoms with Crippen molar-refractivity contribution in [3.05, 3.63) is 64.2 Å². The number of hydrogen-bond acceptors (Lipinski definition) is 5. The van der Waals surface area contributed by atoms with E-state index in [1.54, 1.807) is 7.11 Å². The number of ether oxygens (including phenoxy) is 1. The zero-order valence-corrected chi connectivity index (χ0v) is 15.9. The van der Waals surface area contributed by atoms with Crippen molar-refractivity contribution in [2.24, 2.45) is 0 Å². The quantitative estimate of drug-likeness (QED) is 0.570. The zero-order chi connectivity index (χ0) is 19.4. The number of nitro benzene ring substituents is 1. The van der Waals surface area contributed by atoms with Crippen LogP contribution < -0.4 is 4.74 Å². The van der Waals surface area contributed by atoms with E-state index in [9.17, 15) is 18.5 Å². The van der Waals surface area contributed by atoms with E-state index in [1.807, 2.05) is 24.3 Å². The Balaban J connectivity index is 2.01. The van der Waals surface area contributed by atoms with Gasteiger partial charge in [0.1, 0.15) is 5.75 Å². The highest BCUT2D eigenvalue weighted by Gasteiger charge is 2.34. The van der Waals surface area contributed by atoms with Gasteiger partial charge < -0.3 is 4.74 Å². The number of sulfonamides is 1. The Hall–Kier alpha value is -2.45. The molecule has 2 aromatic rings. The van der Waals surface area contributed by atoms with Crippen LogP contribution in [0.25, 0.3) is 0 Å². The molecule has 0 aromatic heterocycles. The maximum absolute atomic E-state index is 13.3. The van der Waals surface area contributed by atoms with E-state index in [2.05, 4.69) is 0 Å². The van der Waals surface area contributed by atoms with Crippen LogP contribution in [0.1, 0.15) is 37.3 Å². The minimum absolute atomic E-state index is 0.0443. The molecule has 0 N–H and O–H groups in total. The molecule has 0 spiro atoms. The summed E-state index contributed by atoms with van der Waals surface area (Å²) in [5.74, 6) is 0.709. The standard InChI is InChI=1S/C19H22N2O5S/c1-26-17-11-9-15(10-12-17)19-8-3-2-4-13-20(19)27(24,25)18-7-5-6-16(14-18)21(22)23/h5-7,9-12,14,19H,2-4,8,13H2,1H3/t19-/m0/s1. The molecule has 2 aromatic carbocycles. The lowest BCUT2D eigenvalue weighted by Gasteiger charge is -2.29. The highest BCUT2D eigenvalue weighted by Crippen LogP contribution is 2.35. The number of methoxy groups -OCH3 is 1. The molecule has 0 bridgehead atoms. The Morgan fingerprint density at radius 2 is 1.85 bits per heavy atom. The largest absolute Gasteiger partial charge is 0.497 e. The number of nitro groups is 1. The topological polar surface area (TPSA) is 89.8 Å². The molecule has 1 atom stereocenters. The smallest absolute Gasteiger partial charge is 0.270 e. The summed E-state index contributed by atoms with van der Waals surface area (Å²) < 4.78 is 33.3. The third-order valence-corrected chi connectivity index (χ3v) is 6.74. The van der Waals surface area contributed by atoms with Gasteiger partial charge in [0.15, 0.2) is 0 Å². The Bertz CT molecular complexity index is 912. The van der Waals surface area contributed by atoms with Gasteiger partial charge >= 0.3 is 0 Å². The van der Waals surface area contributed by atoms with Crippen molar-refractivity contribution in [1.29, 1.82) is 0 Å². The van der Waals surface area contributed by atoms with Crippen LogP contribution in [0.4, 0.5) is 5.69 Å². The second-order valence-electron chi connectivity index (χ2n) is 6.51. The van der Waals surface area contributed by atoms with E-state index in [0.29, 0.717) is 18.7 Å². The molecule has 144 valence electrons. The van der Waals surface area contributed by atoms with Gasteiger partial charge in [-0.25, -0.2) is 8.42 Å². The van der Waals surface area contributed by atoms with E-state index in [1.165, 1.54) is 22.5 Å². The minimum Gasteiger partial charge on any atom is -0.497 e. The van der Waals surface area contributed by atoms with Gasteiger partial charge in [-0.1, -0.05) is 31.0 Å². The second-order valence-corrected chi connectivity index (χ2v) is 8.40. The highest BCUT2D eigenvalue weighted by atomic mass is 32.2. The molecule has 0 radical (unpaired) electrons. The van der Waals surface area contributed by atoms with Gasteiger partial charge in [0.25, 0.3) is 5.69 Å². The monoisotopic (exact) mass is 390 g/mol. The summed E-state index contributed by atoms with van der Waals surface area (Å²) in [4.78, 5) is 10.4. The van der Waals surface area contributed by atoms with Crippen LogP contribution in [-0.2, 0) is 10.0 Å². The molecule has 7 nitrogen and oxygen atoms in total. The molecule has 1 heterocycles. The lowest BCUT2D eigenvalue weighted by molar-refractivity contribution is -0.385. The lowest BCUT2D eigenvalue weighted by Crippen LogP contribution is -2.34. The molecule has 27 heavy (non-hydrogen) atoms. The second kappa shape index (κ2) is 8.06. The van der Waals surface area contributed by atoms with E-state index in [-0.39, 0.29) is 16.6 Å². The summed E-state index contributed by atoms with van der Waals surface area (Å²) in [6.45, 7) is 0.391. The molecule has 0 unspecified atom stereocenters. The van der Waals surface area contributed by atoms with Gasteiger partial charge in [0.2, 0.25) is 10.0 Å². The fourth-order valence-electron chi connectivity index (χ4n) is 3.42. The van der Waals surface area contributed by atoms with Crippen LogP contribution in [0.5, 0.6) is 5.75 Å². The van der Waals surface area contributed by atoms with Crippen LogP contribution in [0.15, 0.2) is 53.4 Å². The summed E-state index contributed by atoms with van der Waals surface area (Å²) in [7, 11) is -2.27. The van der Waals surface area contributed by atoms with E-state index in [4.69, 9.17) is 4.74 Å². The summed E-state index contributed by atoms with van der Waals surface area (Å²) in [6.07, 6.45) is 3.35. The number of benzene rings is 2. The fraction of sp³-hybridized carbons (Fsp3) is 0.368. The Kier molecular flexibility index (Phi) is 5.76. The van der Waals surface area contributed by atoms with Crippen LogP contribution in [0.3, 0.4) is 0 Å². The molecule has 1 aliphatic rings. The Morgan fingerprint density at radius 1 is 1.11 bits per heavy atom. The average molecular weight is 390 g/mol. The van der Waals surface area contributed by atoms with Crippen molar-refractivity contribution >= 4 is 15.7 Å². The van der Waals surface area contributed by atoms with E-state index in [0.717, 1.165) is 30.9 Å². The van der Waals surface area contributed by atoms with Crippen molar-refractivity contribution < 1.29 is 18.1 Å². The van der Waals surface area contributed by atoms with Crippen LogP contribution >= 0.6 is 0 Å². The average Bonchev–Trinajstić information content (AvgIpc) is 2.95. The molecule has 8 heteroatoms. The van der Waals surface area contributed by atoms with Crippen molar-refractivity contribution in [2.45, 2.75) is 36.6 Å². The maximum Gasteiger partial charge on any atom is 0.270 e. The zero-order valence-electron chi connectivity index (χ0n) is 15.1. The van der Waals surface area contributed by atoms with Crippen LogP contribution in [0, 0.1) is 10.1 Å². The summed E-state index contributed by atoms with van der Waals surface area (Å²) in [5, 5.41) is 11.0. The third-order valence-electron chi connectivity index (χ3n) is 4.84. The molecule has 1 saturated heterocycles. The summed E-state index contributed by atoms with van der Waals surface area (Å²) in [6, 6.07) is 12.3.